The smallest absolute Gasteiger partial charge is 0.320 e. The van der Waals surface area contributed by atoms with Crippen molar-refractivity contribution >= 4 is 29.2 Å². The van der Waals surface area contributed by atoms with E-state index in [1.165, 1.54) is 11.8 Å². The number of carbonyl (C=O) groups is 3. The van der Waals surface area contributed by atoms with E-state index in [1.807, 2.05) is 31.4 Å². The van der Waals surface area contributed by atoms with E-state index in [4.69, 9.17) is 21.1 Å². The number of aliphatic carboxylic acids is 3. The molecule has 0 saturated carbocycles. The summed E-state index contributed by atoms with van der Waals surface area (Å²) in [6.07, 6.45) is 1.22. The first kappa shape index (κ1) is 24.0. The van der Waals surface area contributed by atoms with Gasteiger partial charge in [-0.05, 0) is 37.1 Å². The van der Waals surface area contributed by atoms with Gasteiger partial charge in [0.25, 0.3) is 0 Å². The number of rotatable bonds is 10. The lowest BCUT2D eigenvalue weighted by molar-refractivity contribution is -0.145. The molecule has 9 heteroatoms. The highest BCUT2D eigenvalue weighted by Crippen LogP contribution is 2.11. The minimum Gasteiger partial charge on any atom is -0.480 e. The van der Waals surface area contributed by atoms with E-state index in [-0.39, 0.29) is 6.54 Å². The summed E-state index contributed by atoms with van der Waals surface area (Å²) in [7, 11) is 0. The molecule has 1 heterocycles. The molecule has 0 aliphatic carbocycles. The third-order valence-electron chi connectivity index (χ3n) is 3.51. The van der Waals surface area contributed by atoms with Crippen LogP contribution in [0.4, 0.5) is 0 Å². The molecule has 0 amide bonds. The van der Waals surface area contributed by atoms with E-state index in [9.17, 15) is 14.4 Å². The van der Waals surface area contributed by atoms with Gasteiger partial charge in [0, 0.05) is 11.4 Å². The molecule has 0 fully saturated rings. The molecule has 1 rings (SSSR count). The van der Waals surface area contributed by atoms with Gasteiger partial charge in [-0.15, -0.1) is 11.3 Å². The minimum atomic E-state index is -1.01. The number of nitrogens with two attached hydrogens (primary N) is 1. The summed E-state index contributed by atoms with van der Waals surface area (Å²) >= 11 is 1.58. The molecule has 2 atom stereocenters. The molecule has 0 unspecified atom stereocenters. The van der Waals surface area contributed by atoms with Crippen molar-refractivity contribution in [3.05, 3.63) is 22.4 Å². The largest absolute Gasteiger partial charge is 0.480 e. The molecule has 0 radical (unpaired) electrons. The molecular weight excluding hydrogens is 360 g/mol. The highest BCUT2D eigenvalue weighted by molar-refractivity contribution is 7.09. The predicted molar refractivity (Wildman–Crippen MR) is 99.4 cm³/mol. The second kappa shape index (κ2) is 12.4. The van der Waals surface area contributed by atoms with E-state index in [1.54, 1.807) is 11.3 Å². The molecule has 1 aromatic heterocycles. The summed E-state index contributed by atoms with van der Waals surface area (Å²) in [6, 6.07) is 2.40. The minimum absolute atomic E-state index is 0.251. The Kier molecular flexibility index (Phi) is 11.5. The van der Waals surface area contributed by atoms with E-state index in [0.717, 1.165) is 4.88 Å². The molecule has 8 nitrogen and oxygen atoms in total. The van der Waals surface area contributed by atoms with Crippen LogP contribution in [0.2, 0.25) is 0 Å². The monoisotopic (exact) mass is 388 g/mol. The molecule has 148 valence electrons. The van der Waals surface area contributed by atoms with Crippen LogP contribution >= 0.6 is 11.3 Å². The van der Waals surface area contributed by atoms with Gasteiger partial charge in [-0.1, -0.05) is 19.9 Å². The first-order valence-electron chi connectivity index (χ1n) is 8.24. The van der Waals surface area contributed by atoms with E-state index in [0.29, 0.717) is 25.3 Å². The van der Waals surface area contributed by atoms with Crippen molar-refractivity contribution in [2.75, 3.05) is 13.1 Å². The van der Waals surface area contributed by atoms with Gasteiger partial charge in [0.15, 0.2) is 0 Å². The van der Waals surface area contributed by atoms with Crippen LogP contribution in [0, 0.1) is 5.92 Å². The van der Waals surface area contributed by atoms with Crippen LogP contribution in [-0.2, 0) is 20.8 Å². The van der Waals surface area contributed by atoms with Crippen molar-refractivity contribution in [2.45, 2.75) is 45.7 Å². The first-order valence-corrected chi connectivity index (χ1v) is 9.12. The summed E-state index contributed by atoms with van der Waals surface area (Å²) < 4.78 is 0. The molecule has 5 N–H and O–H groups in total. The molecule has 0 aliphatic rings. The highest BCUT2D eigenvalue weighted by Gasteiger charge is 2.22. The van der Waals surface area contributed by atoms with Gasteiger partial charge in [0.1, 0.15) is 12.1 Å². The number of nitrogens with zero attached hydrogens (tertiary/aromatic N) is 1. The average Bonchev–Trinajstić information content (AvgIpc) is 3.03. The average molecular weight is 388 g/mol. The first-order chi connectivity index (χ1) is 12.0. The lowest BCUT2D eigenvalue weighted by atomic mass is 10.1. The Labute approximate surface area is 157 Å². The molecule has 0 spiro atoms. The van der Waals surface area contributed by atoms with Crippen LogP contribution in [0.25, 0.3) is 0 Å². The number of hydrogen-bond donors (Lipinski definition) is 4. The number of carboxylic acid groups (broad SMARTS) is 3. The van der Waals surface area contributed by atoms with Crippen LogP contribution < -0.4 is 5.73 Å². The Morgan fingerprint density at radius 3 is 2.12 bits per heavy atom. The lowest BCUT2D eigenvalue weighted by Crippen LogP contribution is -2.43. The van der Waals surface area contributed by atoms with Crippen LogP contribution in [0.3, 0.4) is 0 Å². The van der Waals surface area contributed by atoms with E-state index < -0.39 is 30.0 Å². The van der Waals surface area contributed by atoms with E-state index in [2.05, 4.69) is 0 Å². The van der Waals surface area contributed by atoms with Gasteiger partial charge in [0.05, 0.1) is 6.54 Å². The Bertz CT molecular complexity index is 562. The third kappa shape index (κ3) is 10.8. The maximum absolute atomic E-state index is 10.9. The van der Waals surface area contributed by atoms with Gasteiger partial charge in [0.2, 0.25) is 0 Å². The van der Waals surface area contributed by atoms with Gasteiger partial charge < -0.3 is 21.1 Å². The van der Waals surface area contributed by atoms with Crippen molar-refractivity contribution in [2.24, 2.45) is 11.7 Å². The highest BCUT2D eigenvalue weighted by atomic mass is 32.1. The predicted octanol–water partition coefficient (Wildman–Crippen LogP) is 1.59. The fourth-order valence-electron chi connectivity index (χ4n) is 2.06. The molecular formula is C17H28N2O6S. The fourth-order valence-corrected chi connectivity index (χ4v) is 2.76. The summed E-state index contributed by atoms with van der Waals surface area (Å²) in [5, 5.41) is 27.9. The fraction of sp³-hybridized carbons (Fsp3) is 0.588. The van der Waals surface area contributed by atoms with Crippen molar-refractivity contribution in [3.63, 3.8) is 0 Å². The van der Waals surface area contributed by atoms with Gasteiger partial charge in [-0.2, -0.15) is 0 Å². The standard InChI is InChI=1S/C11H15NO4S.C6H13NO2/c1-8(11(15)16)12(7-10(13)14)5-4-9-3-2-6-17-9;1-4(2)3-5(7)6(8)9/h2-3,6,8H,4-5,7H2,1H3,(H,13,14)(H,15,16);4-5H,3,7H2,1-2H3,(H,8,9)/t8-;5-/m10/s1. The number of carboxylic acids is 3. The van der Waals surface area contributed by atoms with Crippen LogP contribution in [0.5, 0.6) is 0 Å². The normalized spacial score (nSPS) is 13.0. The molecule has 0 aliphatic heterocycles. The van der Waals surface area contributed by atoms with Crippen molar-refractivity contribution in [3.8, 4) is 0 Å². The van der Waals surface area contributed by atoms with Crippen molar-refractivity contribution in [1.29, 1.82) is 0 Å². The second-order valence-corrected chi connectivity index (χ2v) is 7.31. The zero-order chi connectivity index (χ0) is 20.3. The molecule has 0 bridgehead atoms. The Morgan fingerprint density at radius 2 is 1.77 bits per heavy atom. The maximum Gasteiger partial charge on any atom is 0.320 e. The molecule has 0 aromatic carbocycles. The Balaban J connectivity index is 0.000000590. The number of thiophene rings is 1. The summed E-state index contributed by atoms with van der Waals surface area (Å²) in [5.74, 6) is -2.57. The van der Waals surface area contributed by atoms with Crippen LogP contribution in [0.15, 0.2) is 17.5 Å². The molecule has 1 aromatic rings. The van der Waals surface area contributed by atoms with Crippen molar-refractivity contribution in [1.82, 2.24) is 4.90 Å². The van der Waals surface area contributed by atoms with E-state index >= 15 is 0 Å². The topological polar surface area (TPSA) is 141 Å². The third-order valence-corrected chi connectivity index (χ3v) is 4.45. The molecule has 0 saturated heterocycles. The SMILES string of the molecule is CC(C)C[C@H](N)C(=O)O.C[C@H](C(=O)O)N(CCc1cccs1)CC(=O)O. The Hall–Kier alpha value is -1.97. The van der Waals surface area contributed by atoms with Gasteiger partial charge >= 0.3 is 17.9 Å². The second-order valence-electron chi connectivity index (χ2n) is 6.28. The number of hydrogen-bond acceptors (Lipinski definition) is 6. The summed E-state index contributed by atoms with van der Waals surface area (Å²) in [4.78, 5) is 34.2. The summed E-state index contributed by atoms with van der Waals surface area (Å²) in [5.41, 5.74) is 5.22. The zero-order valence-electron chi connectivity index (χ0n) is 15.3. The zero-order valence-corrected chi connectivity index (χ0v) is 16.1. The quantitative estimate of drug-likeness (QED) is 0.473. The summed E-state index contributed by atoms with van der Waals surface area (Å²) in [6.45, 7) is 5.57. The van der Waals surface area contributed by atoms with Crippen molar-refractivity contribution < 1.29 is 29.7 Å². The van der Waals surface area contributed by atoms with Crippen LogP contribution in [0.1, 0.15) is 32.1 Å². The van der Waals surface area contributed by atoms with Gasteiger partial charge in [-0.3, -0.25) is 19.3 Å². The Morgan fingerprint density at radius 1 is 1.15 bits per heavy atom. The maximum atomic E-state index is 10.9. The molecule has 26 heavy (non-hydrogen) atoms. The van der Waals surface area contributed by atoms with Crippen LogP contribution in [-0.4, -0.2) is 63.3 Å². The van der Waals surface area contributed by atoms with Gasteiger partial charge in [-0.25, -0.2) is 0 Å². The lowest BCUT2D eigenvalue weighted by Gasteiger charge is -2.23.